The van der Waals surface area contributed by atoms with Gasteiger partial charge in [0, 0.05) is 16.2 Å². The summed E-state index contributed by atoms with van der Waals surface area (Å²) in [5, 5.41) is 4.59. The number of hydrogen-bond acceptors (Lipinski definition) is 3. The average Bonchev–Trinajstić information content (AvgIpc) is 2.41. The lowest BCUT2D eigenvalue weighted by Gasteiger charge is -2.17. The molecule has 6 heteroatoms. The van der Waals surface area contributed by atoms with E-state index >= 15 is 0 Å². The Morgan fingerprint density at radius 2 is 2.00 bits per heavy atom. The van der Waals surface area contributed by atoms with Gasteiger partial charge in [-0.2, -0.15) is 4.98 Å². The summed E-state index contributed by atoms with van der Waals surface area (Å²) in [6.07, 6.45) is 1.59. The molecule has 0 aliphatic rings. The van der Waals surface area contributed by atoms with Gasteiger partial charge in [-0.1, -0.05) is 35.2 Å². The number of benzene rings is 1. The van der Waals surface area contributed by atoms with Crippen molar-refractivity contribution in [2.45, 2.75) is 19.9 Å². The summed E-state index contributed by atoms with van der Waals surface area (Å²) < 4.78 is 0. The van der Waals surface area contributed by atoms with E-state index < -0.39 is 0 Å². The maximum atomic E-state index is 6.21. The van der Waals surface area contributed by atoms with Gasteiger partial charge in [0.2, 0.25) is 5.28 Å². The van der Waals surface area contributed by atoms with Crippen LogP contribution in [0, 0.1) is 11.8 Å². The lowest BCUT2D eigenvalue weighted by Crippen LogP contribution is -2.10. The van der Waals surface area contributed by atoms with Gasteiger partial charge in [-0.25, -0.2) is 4.98 Å². The summed E-state index contributed by atoms with van der Waals surface area (Å²) in [5.41, 5.74) is 1.59. The minimum Gasteiger partial charge on any atom is -0.362 e. The summed E-state index contributed by atoms with van der Waals surface area (Å²) in [7, 11) is 0. The van der Waals surface area contributed by atoms with Crippen LogP contribution in [-0.2, 0) is 0 Å². The zero-order valence-corrected chi connectivity index (χ0v) is 13.7. The quantitative estimate of drug-likeness (QED) is 0.632. The van der Waals surface area contributed by atoms with Gasteiger partial charge in [-0.05, 0) is 43.1 Å². The Kier molecular flexibility index (Phi) is 5.30. The van der Waals surface area contributed by atoms with Gasteiger partial charge >= 0.3 is 0 Å². The van der Waals surface area contributed by atoms with Gasteiger partial charge in [0.05, 0.1) is 11.6 Å². The van der Waals surface area contributed by atoms with Crippen LogP contribution in [0.25, 0.3) is 0 Å². The minimum atomic E-state index is -0.0851. The maximum Gasteiger partial charge on any atom is 0.224 e. The molecule has 21 heavy (non-hydrogen) atoms. The summed E-state index contributed by atoms with van der Waals surface area (Å²) in [4.78, 5) is 8.11. The fourth-order valence-corrected chi connectivity index (χ4v) is 2.54. The first kappa shape index (κ1) is 15.9. The SMILES string of the molecule is CC#Cc1cnc(Cl)nc1N[C@H](C)c1ccc(Cl)cc1Cl. The molecule has 0 radical (unpaired) electrons. The smallest absolute Gasteiger partial charge is 0.224 e. The number of nitrogens with one attached hydrogen (secondary N) is 1. The van der Waals surface area contributed by atoms with Crippen LogP contribution in [0.15, 0.2) is 24.4 Å². The van der Waals surface area contributed by atoms with Crippen molar-refractivity contribution in [1.82, 2.24) is 9.97 Å². The molecule has 108 valence electrons. The van der Waals surface area contributed by atoms with Crippen molar-refractivity contribution in [2.75, 3.05) is 5.32 Å². The van der Waals surface area contributed by atoms with Crippen LogP contribution >= 0.6 is 34.8 Å². The molecule has 0 amide bonds. The molecule has 1 heterocycles. The zero-order valence-electron chi connectivity index (χ0n) is 11.4. The summed E-state index contributed by atoms with van der Waals surface area (Å²) in [6.45, 7) is 3.71. The molecule has 1 atom stereocenters. The molecule has 3 nitrogen and oxygen atoms in total. The molecule has 2 rings (SSSR count). The minimum absolute atomic E-state index is 0.0851. The Morgan fingerprint density at radius 1 is 1.24 bits per heavy atom. The molecule has 0 aliphatic heterocycles. The Hall–Kier alpha value is -1.47. The average molecular weight is 341 g/mol. The van der Waals surface area contributed by atoms with Gasteiger partial charge < -0.3 is 5.32 Å². The van der Waals surface area contributed by atoms with Crippen LogP contribution in [0.1, 0.15) is 31.0 Å². The van der Waals surface area contributed by atoms with Crippen LogP contribution in [0.5, 0.6) is 0 Å². The first-order valence-electron chi connectivity index (χ1n) is 6.18. The summed E-state index contributed by atoms with van der Waals surface area (Å²) >= 11 is 18.0. The molecule has 1 aromatic carbocycles. The van der Waals surface area contributed by atoms with Crippen molar-refractivity contribution in [3.05, 3.63) is 50.9 Å². The fraction of sp³-hybridized carbons (Fsp3) is 0.200. The number of hydrogen-bond donors (Lipinski definition) is 1. The first-order chi connectivity index (χ1) is 10.0. The number of halogens is 3. The van der Waals surface area contributed by atoms with Crippen molar-refractivity contribution >= 4 is 40.6 Å². The highest BCUT2D eigenvalue weighted by molar-refractivity contribution is 6.35. The topological polar surface area (TPSA) is 37.8 Å². The second kappa shape index (κ2) is 7.00. The van der Waals surface area contributed by atoms with Gasteiger partial charge in [-0.15, -0.1) is 5.92 Å². The zero-order chi connectivity index (χ0) is 15.4. The highest BCUT2D eigenvalue weighted by atomic mass is 35.5. The van der Waals surface area contributed by atoms with Gasteiger partial charge in [0.1, 0.15) is 5.82 Å². The molecule has 0 saturated heterocycles. The normalized spacial score (nSPS) is 11.5. The third-order valence-electron chi connectivity index (χ3n) is 2.80. The van der Waals surface area contributed by atoms with Crippen molar-refractivity contribution < 1.29 is 0 Å². The molecule has 0 bridgehead atoms. The van der Waals surface area contributed by atoms with Gasteiger partial charge in [-0.3, -0.25) is 0 Å². The summed E-state index contributed by atoms with van der Waals surface area (Å²) in [5.74, 6) is 6.32. The van der Waals surface area contributed by atoms with Gasteiger partial charge in [0.25, 0.3) is 0 Å². The molecule has 0 unspecified atom stereocenters. The second-order valence-electron chi connectivity index (χ2n) is 4.31. The lowest BCUT2D eigenvalue weighted by molar-refractivity contribution is 0.871. The van der Waals surface area contributed by atoms with Crippen molar-refractivity contribution in [3.8, 4) is 11.8 Å². The standard InChI is InChI=1S/C15H12Cl3N3/c1-3-4-10-8-19-15(18)21-14(10)20-9(2)12-6-5-11(16)7-13(12)17/h5-9H,1-2H3,(H,19,20,21)/t9-/m1/s1. The molecule has 0 spiro atoms. The van der Waals surface area contributed by atoms with Crippen LogP contribution < -0.4 is 5.32 Å². The molecule has 0 fully saturated rings. The largest absolute Gasteiger partial charge is 0.362 e. The van der Waals surface area contributed by atoms with E-state index in [4.69, 9.17) is 34.8 Å². The van der Waals surface area contributed by atoms with E-state index in [1.807, 2.05) is 13.0 Å². The number of rotatable bonds is 3. The second-order valence-corrected chi connectivity index (χ2v) is 5.49. The Bertz CT molecular complexity index is 720. The lowest BCUT2D eigenvalue weighted by atomic mass is 10.1. The van der Waals surface area contributed by atoms with E-state index in [-0.39, 0.29) is 11.3 Å². The molecule has 0 saturated carbocycles. The van der Waals surface area contributed by atoms with E-state index in [2.05, 4.69) is 27.1 Å². The molecular weight excluding hydrogens is 329 g/mol. The summed E-state index contributed by atoms with van der Waals surface area (Å²) in [6, 6.07) is 5.28. The van der Waals surface area contributed by atoms with E-state index in [0.29, 0.717) is 21.4 Å². The number of nitrogens with zero attached hydrogens (tertiary/aromatic N) is 2. The fourth-order valence-electron chi connectivity index (χ4n) is 1.83. The van der Waals surface area contributed by atoms with Crippen molar-refractivity contribution in [3.63, 3.8) is 0 Å². The Morgan fingerprint density at radius 3 is 2.67 bits per heavy atom. The molecule has 1 aromatic heterocycles. The van der Waals surface area contributed by atoms with Crippen LogP contribution in [-0.4, -0.2) is 9.97 Å². The van der Waals surface area contributed by atoms with Crippen LogP contribution in [0.2, 0.25) is 15.3 Å². The highest BCUT2D eigenvalue weighted by Crippen LogP contribution is 2.28. The van der Waals surface area contributed by atoms with E-state index in [1.165, 1.54) is 0 Å². The van der Waals surface area contributed by atoms with Crippen LogP contribution in [0.3, 0.4) is 0 Å². The van der Waals surface area contributed by atoms with E-state index in [0.717, 1.165) is 5.56 Å². The van der Waals surface area contributed by atoms with Gasteiger partial charge in [0.15, 0.2) is 0 Å². The third-order valence-corrected chi connectivity index (χ3v) is 3.55. The highest BCUT2D eigenvalue weighted by Gasteiger charge is 2.13. The van der Waals surface area contributed by atoms with E-state index in [1.54, 1.807) is 25.3 Å². The predicted molar refractivity (Wildman–Crippen MR) is 88.1 cm³/mol. The monoisotopic (exact) mass is 339 g/mol. The van der Waals surface area contributed by atoms with E-state index in [9.17, 15) is 0 Å². The van der Waals surface area contributed by atoms with Crippen molar-refractivity contribution in [2.24, 2.45) is 0 Å². The number of anilines is 1. The Balaban J connectivity index is 2.32. The maximum absolute atomic E-state index is 6.21. The predicted octanol–water partition coefficient (Wildman–Crippen LogP) is 4.98. The number of aromatic nitrogens is 2. The van der Waals surface area contributed by atoms with Crippen LogP contribution in [0.4, 0.5) is 5.82 Å². The molecule has 1 N–H and O–H groups in total. The Labute approximate surface area is 138 Å². The first-order valence-corrected chi connectivity index (χ1v) is 7.31. The molecule has 2 aromatic rings. The molecular formula is C15H12Cl3N3. The van der Waals surface area contributed by atoms with Crippen molar-refractivity contribution in [1.29, 1.82) is 0 Å². The molecule has 0 aliphatic carbocycles. The third kappa shape index (κ3) is 4.01.